The van der Waals surface area contributed by atoms with E-state index in [2.05, 4.69) is 21.1 Å². The summed E-state index contributed by atoms with van der Waals surface area (Å²) in [7, 11) is 2.41. The minimum atomic E-state index is 0.169. The molecule has 52 valence electrons. The molecule has 2 nitrogen and oxygen atoms in total. The molecule has 0 saturated heterocycles. The Hall–Kier alpha value is -0.0700. The van der Waals surface area contributed by atoms with Crippen LogP contribution < -0.4 is 10.8 Å². The van der Waals surface area contributed by atoms with Gasteiger partial charge in [0, 0.05) is 11.7 Å². The first kappa shape index (κ1) is 7.04. The molecule has 1 rings (SSSR count). The van der Waals surface area contributed by atoms with Gasteiger partial charge in [-0.1, -0.05) is 6.58 Å². The molecule has 0 aromatic carbocycles. The Morgan fingerprint density at radius 3 is 2.67 bits per heavy atom. The first-order valence-electron chi connectivity index (χ1n) is 3.16. The molecule has 1 fully saturated rings. The molecule has 1 unspecified atom stereocenters. The number of hydrogen-bond acceptors (Lipinski definition) is 2. The molecule has 2 atom stereocenters. The summed E-state index contributed by atoms with van der Waals surface area (Å²) in [5.41, 5.74) is 6.69. The maximum atomic E-state index is 5.76. The Morgan fingerprint density at radius 2 is 2.33 bits per heavy atom. The largest absolute Gasteiger partial charge is 0.372 e. The highest BCUT2D eigenvalue weighted by Gasteiger charge is 2.29. The zero-order valence-electron chi connectivity index (χ0n) is 5.43. The predicted molar refractivity (Wildman–Crippen MR) is 42.7 cm³/mol. The first-order chi connectivity index (χ1) is 4.25. The van der Waals surface area contributed by atoms with Crippen LogP contribution in [0, 0.1) is 5.92 Å². The summed E-state index contributed by atoms with van der Waals surface area (Å²) >= 11 is 0. The summed E-state index contributed by atoms with van der Waals surface area (Å²) < 4.78 is 0. The Morgan fingerprint density at radius 1 is 1.78 bits per heavy atom. The van der Waals surface area contributed by atoms with Gasteiger partial charge in [-0.3, -0.25) is 0 Å². The molecule has 0 aromatic heterocycles. The number of hydrogen-bond donors (Lipinski definition) is 2. The van der Waals surface area contributed by atoms with Crippen molar-refractivity contribution in [3.63, 3.8) is 0 Å². The van der Waals surface area contributed by atoms with Crippen LogP contribution in [0.25, 0.3) is 0 Å². The molecule has 0 aliphatic heterocycles. The van der Waals surface area contributed by atoms with E-state index in [1.54, 1.807) is 0 Å². The molecule has 1 aliphatic carbocycles. The van der Waals surface area contributed by atoms with E-state index in [9.17, 15) is 0 Å². The summed E-state index contributed by atoms with van der Waals surface area (Å²) in [6, 6.07) is 0.169. The Kier molecular flexibility index (Phi) is 2.09. The summed E-state index contributed by atoms with van der Waals surface area (Å²) in [5, 5.41) is 2.88. The van der Waals surface area contributed by atoms with E-state index in [0.717, 1.165) is 5.70 Å². The second-order valence-electron chi connectivity index (χ2n) is 2.53. The van der Waals surface area contributed by atoms with Gasteiger partial charge in [-0.2, -0.15) is 0 Å². The van der Waals surface area contributed by atoms with E-state index in [4.69, 9.17) is 5.73 Å². The molecule has 3 N–H and O–H groups in total. The van der Waals surface area contributed by atoms with Gasteiger partial charge in [0.25, 0.3) is 0 Å². The molecule has 0 aromatic rings. The van der Waals surface area contributed by atoms with Crippen molar-refractivity contribution in [1.82, 2.24) is 5.09 Å². The molecule has 1 saturated carbocycles. The van der Waals surface area contributed by atoms with Gasteiger partial charge in [-0.05, 0) is 28.2 Å². The van der Waals surface area contributed by atoms with Gasteiger partial charge in [0.15, 0.2) is 0 Å². The number of nitrogens with two attached hydrogens (primary N) is 1. The molecular weight excluding hydrogens is 131 g/mol. The van der Waals surface area contributed by atoms with Crippen LogP contribution in [0.5, 0.6) is 0 Å². The van der Waals surface area contributed by atoms with Crippen molar-refractivity contribution in [3.05, 3.63) is 12.3 Å². The maximum absolute atomic E-state index is 5.76. The van der Waals surface area contributed by atoms with Crippen LogP contribution in [0.4, 0.5) is 0 Å². The Balaban J connectivity index is 2.30. The number of nitrogens with one attached hydrogen (secondary N) is 1. The lowest BCUT2D eigenvalue weighted by molar-refractivity contribution is 0.660. The van der Waals surface area contributed by atoms with Crippen LogP contribution in [-0.2, 0) is 0 Å². The fourth-order valence-electron chi connectivity index (χ4n) is 0.836. The topological polar surface area (TPSA) is 38.0 Å². The van der Waals surface area contributed by atoms with E-state index < -0.39 is 0 Å². The Bertz CT molecular complexity index is 120. The summed E-state index contributed by atoms with van der Waals surface area (Å²) in [5.74, 6) is 0.700. The van der Waals surface area contributed by atoms with Crippen molar-refractivity contribution in [1.29, 1.82) is 0 Å². The molecule has 0 bridgehead atoms. The smallest absolute Gasteiger partial charge is 0.0469 e. The van der Waals surface area contributed by atoms with Gasteiger partial charge < -0.3 is 10.8 Å². The quantitative estimate of drug-likeness (QED) is 0.570. The Labute approximate surface area is 58.1 Å². The molecule has 9 heavy (non-hydrogen) atoms. The normalized spacial score (nSPS) is 21.1. The second kappa shape index (κ2) is 2.68. The van der Waals surface area contributed by atoms with E-state index in [-0.39, 0.29) is 6.04 Å². The molecule has 0 radical (unpaired) electrons. The van der Waals surface area contributed by atoms with Crippen LogP contribution in [0.3, 0.4) is 0 Å². The minimum absolute atomic E-state index is 0.169. The van der Waals surface area contributed by atoms with Crippen molar-refractivity contribution in [2.45, 2.75) is 18.9 Å². The zero-order valence-corrected chi connectivity index (χ0v) is 6.59. The van der Waals surface area contributed by atoms with Gasteiger partial charge in [0.1, 0.15) is 0 Å². The monoisotopic (exact) mass is 144 g/mol. The second-order valence-corrected chi connectivity index (χ2v) is 2.82. The standard InChI is InChI=1S/C6H13N2P/c1-4(8-9)6(7)5-2-3-5/h5-6,8H,1-3,7,9H2/t6-/m0/s1. The highest BCUT2D eigenvalue weighted by molar-refractivity contribution is 7.14. The van der Waals surface area contributed by atoms with E-state index in [1.165, 1.54) is 12.8 Å². The molecule has 0 amide bonds. The molecular formula is C6H13N2P. The average Bonchev–Trinajstić information content (AvgIpc) is 2.66. The maximum Gasteiger partial charge on any atom is 0.0469 e. The van der Waals surface area contributed by atoms with Crippen molar-refractivity contribution in [2.24, 2.45) is 11.7 Å². The van der Waals surface area contributed by atoms with Crippen molar-refractivity contribution in [3.8, 4) is 0 Å². The highest BCUT2D eigenvalue weighted by Crippen LogP contribution is 2.33. The average molecular weight is 144 g/mol. The summed E-state index contributed by atoms with van der Waals surface area (Å²) in [4.78, 5) is 0. The van der Waals surface area contributed by atoms with Crippen molar-refractivity contribution >= 4 is 9.39 Å². The van der Waals surface area contributed by atoms with Crippen LogP contribution >= 0.6 is 9.39 Å². The zero-order chi connectivity index (χ0) is 6.85. The fourth-order valence-corrected chi connectivity index (χ4v) is 1.03. The van der Waals surface area contributed by atoms with Crippen molar-refractivity contribution in [2.75, 3.05) is 0 Å². The van der Waals surface area contributed by atoms with E-state index in [0.29, 0.717) is 5.92 Å². The third kappa shape index (κ3) is 1.67. The third-order valence-corrected chi connectivity index (χ3v) is 2.09. The molecule has 3 heteroatoms. The van der Waals surface area contributed by atoms with Gasteiger partial charge in [0.05, 0.1) is 0 Å². The van der Waals surface area contributed by atoms with Gasteiger partial charge in [0.2, 0.25) is 0 Å². The number of rotatable bonds is 3. The first-order valence-corrected chi connectivity index (χ1v) is 3.74. The lowest BCUT2D eigenvalue weighted by Crippen LogP contribution is -2.28. The third-order valence-electron chi connectivity index (χ3n) is 1.72. The summed E-state index contributed by atoms with van der Waals surface area (Å²) in [6.07, 6.45) is 2.54. The van der Waals surface area contributed by atoms with Crippen molar-refractivity contribution < 1.29 is 0 Å². The van der Waals surface area contributed by atoms with E-state index in [1.807, 2.05) is 0 Å². The summed E-state index contributed by atoms with van der Waals surface area (Å²) in [6.45, 7) is 3.78. The molecule has 0 heterocycles. The minimum Gasteiger partial charge on any atom is -0.372 e. The highest BCUT2D eigenvalue weighted by atomic mass is 31.0. The van der Waals surface area contributed by atoms with Crippen LogP contribution in [0.2, 0.25) is 0 Å². The lowest BCUT2D eigenvalue weighted by atomic mass is 10.1. The van der Waals surface area contributed by atoms with E-state index >= 15 is 0 Å². The van der Waals surface area contributed by atoms with Crippen LogP contribution in [0.15, 0.2) is 12.3 Å². The van der Waals surface area contributed by atoms with Crippen LogP contribution in [0.1, 0.15) is 12.8 Å². The van der Waals surface area contributed by atoms with Crippen LogP contribution in [-0.4, -0.2) is 6.04 Å². The van der Waals surface area contributed by atoms with Gasteiger partial charge in [-0.25, -0.2) is 0 Å². The predicted octanol–water partition coefficient (Wildman–Crippen LogP) is 0.617. The molecule has 0 spiro atoms. The van der Waals surface area contributed by atoms with Gasteiger partial charge >= 0.3 is 0 Å². The fraction of sp³-hybridized carbons (Fsp3) is 0.667. The lowest BCUT2D eigenvalue weighted by Gasteiger charge is -2.11. The molecule has 1 aliphatic rings. The van der Waals surface area contributed by atoms with Gasteiger partial charge in [-0.15, -0.1) is 0 Å². The SMILES string of the molecule is C=C(NP)[C@H](N)C1CC1.